The molecule has 2 N–H and O–H groups in total. The Labute approximate surface area is 132 Å². The van der Waals surface area contributed by atoms with E-state index in [1.165, 1.54) is 0 Å². The van der Waals surface area contributed by atoms with E-state index in [4.69, 9.17) is 11.6 Å². The summed E-state index contributed by atoms with van der Waals surface area (Å²) in [5.41, 5.74) is 1.04. The molecule has 110 valence electrons. The molecule has 5 heteroatoms. The lowest BCUT2D eigenvalue weighted by molar-refractivity contribution is -0.144. The molecule has 0 heterocycles. The number of benzene rings is 1. The van der Waals surface area contributed by atoms with Crippen molar-refractivity contribution >= 4 is 33.5 Å². The van der Waals surface area contributed by atoms with Crippen molar-refractivity contribution in [3.05, 3.63) is 33.3 Å². The first-order valence-electron chi connectivity index (χ1n) is 6.95. The maximum Gasteiger partial charge on any atom is 0.306 e. The Balaban J connectivity index is 1.86. The fourth-order valence-electron chi connectivity index (χ4n) is 2.83. The van der Waals surface area contributed by atoms with Gasteiger partial charge in [0.1, 0.15) is 0 Å². The highest BCUT2D eigenvalue weighted by Gasteiger charge is 2.30. The largest absolute Gasteiger partial charge is 0.481 e. The highest BCUT2D eigenvalue weighted by Crippen LogP contribution is 2.30. The number of hydrogen-bond donors (Lipinski definition) is 2. The van der Waals surface area contributed by atoms with Gasteiger partial charge in [-0.1, -0.05) is 46.4 Å². The first-order valence-corrected chi connectivity index (χ1v) is 8.12. The van der Waals surface area contributed by atoms with Gasteiger partial charge in [-0.2, -0.15) is 0 Å². The van der Waals surface area contributed by atoms with E-state index < -0.39 is 5.97 Å². The van der Waals surface area contributed by atoms with Crippen LogP contribution in [0.2, 0.25) is 5.02 Å². The minimum absolute atomic E-state index is 0.198. The Kier molecular flexibility index (Phi) is 5.87. The van der Waals surface area contributed by atoms with E-state index >= 15 is 0 Å². The van der Waals surface area contributed by atoms with Crippen LogP contribution in [0.4, 0.5) is 0 Å². The van der Waals surface area contributed by atoms with E-state index in [1.807, 2.05) is 18.2 Å². The second-order valence-electron chi connectivity index (χ2n) is 5.36. The predicted octanol–water partition coefficient (Wildman–Crippen LogP) is 4.08. The molecular formula is C15H19BrClNO2. The zero-order chi connectivity index (χ0) is 14.5. The van der Waals surface area contributed by atoms with Gasteiger partial charge in [0.15, 0.2) is 0 Å². The number of aliphatic carboxylic acids is 1. The number of hydrogen-bond acceptors (Lipinski definition) is 2. The van der Waals surface area contributed by atoms with Gasteiger partial charge in [-0.25, -0.2) is 0 Å². The Morgan fingerprint density at radius 2 is 2.15 bits per heavy atom. The Bertz CT molecular complexity index is 481. The molecule has 2 unspecified atom stereocenters. The molecule has 2 rings (SSSR count). The first-order chi connectivity index (χ1) is 9.58. The zero-order valence-corrected chi connectivity index (χ0v) is 13.6. The third-order valence-corrected chi connectivity index (χ3v) is 4.81. The molecule has 0 amide bonds. The first kappa shape index (κ1) is 15.8. The summed E-state index contributed by atoms with van der Waals surface area (Å²) in [4.78, 5) is 11.2. The van der Waals surface area contributed by atoms with Gasteiger partial charge in [0.25, 0.3) is 0 Å². The van der Waals surface area contributed by atoms with Crippen LogP contribution in [0.1, 0.15) is 31.2 Å². The monoisotopic (exact) mass is 359 g/mol. The molecule has 2 atom stereocenters. The Hall–Kier alpha value is -0.580. The summed E-state index contributed by atoms with van der Waals surface area (Å²) in [5, 5.41) is 13.3. The molecule has 0 spiro atoms. The highest BCUT2D eigenvalue weighted by molar-refractivity contribution is 9.10. The topological polar surface area (TPSA) is 49.3 Å². The van der Waals surface area contributed by atoms with Crippen LogP contribution in [-0.2, 0) is 11.3 Å². The molecular weight excluding hydrogens is 342 g/mol. The number of nitrogens with one attached hydrogen (secondary N) is 1. The van der Waals surface area contributed by atoms with Gasteiger partial charge in [0.2, 0.25) is 0 Å². The van der Waals surface area contributed by atoms with E-state index in [0.717, 1.165) is 47.3 Å². The van der Waals surface area contributed by atoms with E-state index in [2.05, 4.69) is 21.2 Å². The van der Waals surface area contributed by atoms with Crippen molar-refractivity contribution in [1.82, 2.24) is 5.32 Å². The highest BCUT2D eigenvalue weighted by atomic mass is 79.9. The number of rotatable bonds is 5. The van der Waals surface area contributed by atoms with Crippen molar-refractivity contribution in [2.75, 3.05) is 6.54 Å². The molecule has 3 nitrogen and oxygen atoms in total. The molecule has 0 saturated heterocycles. The van der Waals surface area contributed by atoms with Crippen molar-refractivity contribution in [3.63, 3.8) is 0 Å². The van der Waals surface area contributed by atoms with Gasteiger partial charge in [-0.3, -0.25) is 4.79 Å². The molecule has 0 radical (unpaired) electrons. The molecule has 1 aromatic carbocycles. The third-order valence-electron chi connectivity index (χ3n) is 3.96. The van der Waals surface area contributed by atoms with Crippen LogP contribution < -0.4 is 5.32 Å². The summed E-state index contributed by atoms with van der Waals surface area (Å²) in [7, 11) is 0. The maximum absolute atomic E-state index is 11.2. The van der Waals surface area contributed by atoms with Crippen molar-refractivity contribution < 1.29 is 9.90 Å². The van der Waals surface area contributed by atoms with E-state index in [9.17, 15) is 9.90 Å². The van der Waals surface area contributed by atoms with Gasteiger partial charge in [-0.05, 0) is 43.0 Å². The molecule has 1 aliphatic carbocycles. The van der Waals surface area contributed by atoms with Gasteiger partial charge in [-0.15, -0.1) is 0 Å². The minimum Gasteiger partial charge on any atom is -0.481 e. The van der Waals surface area contributed by atoms with Crippen LogP contribution in [0, 0.1) is 11.8 Å². The fourth-order valence-corrected chi connectivity index (χ4v) is 3.57. The van der Waals surface area contributed by atoms with Gasteiger partial charge < -0.3 is 10.4 Å². The molecule has 20 heavy (non-hydrogen) atoms. The second-order valence-corrected chi connectivity index (χ2v) is 6.68. The molecule has 1 fully saturated rings. The fraction of sp³-hybridized carbons (Fsp3) is 0.533. The average Bonchev–Trinajstić information content (AvgIpc) is 2.41. The Morgan fingerprint density at radius 3 is 2.85 bits per heavy atom. The summed E-state index contributed by atoms with van der Waals surface area (Å²) in [6, 6.07) is 5.82. The SMILES string of the molecule is O=C(O)C1CCCCC1CNCc1ccc(Br)cc1Cl. The smallest absolute Gasteiger partial charge is 0.306 e. The van der Waals surface area contributed by atoms with Gasteiger partial charge in [0, 0.05) is 16.0 Å². The predicted molar refractivity (Wildman–Crippen MR) is 83.9 cm³/mol. The summed E-state index contributed by atoms with van der Waals surface area (Å²) in [6.07, 6.45) is 3.97. The average molecular weight is 361 g/mol. The maximum atomic E-state index is 11.2. The van der Waals surface area contributed by atoms with Crippen LogP contribution in [0.3, 0.4) is 0 Å². The van der Waals surface area contributed by atoms with Crippen LogP contribution in [0.15, 0.2) is 22.7 Å². The summed E-state index contributed by atoms with van der Waals surface area (Å²) in [5.74, 6) is -0.620. The van der Waals surface area contributed by atoms with Crippen LogP contribution in [0.5, 0.6) is 0 Å². The van der Waals surface area contributed by atoms with Crippen molar-refractivity contribution in [2.45, 2.75) is 32.2 Å². The molecule has 1 aromatic rings. The van der Waals surface area contributed by atoms with Gasteiger partial charge in [0.05, 0.1) is 5.92 Å². The van der Waals surface area contributed by atoms with E-state index in [0.29, 0.717) is 6.54 Å². The van der Waals surface area contributed by atoms with Crippen LogP contribution in [0.25, 0.3) is 0 Å². The summed E-state index contributed by atoms with van der Waals surface area (Å²) in [6.45, 7) is 1.41. The van der Waals surface area contributed by atoms with Gasteiger partial charge >= 0.3 is 5.97 Å². The minimum atomic E-state index is -0.654. The Morgan fingerprint density at radius 1 is 1.40 bits per heavy atom. The quantitative estimate of drug-likeness (QED) is 0.831. The van der Waals surface area contributed by atoms with E-state index in [-0.39, 0.29) is 11.8 Å². The second kappa shape index (κ2) is 7.43. The lowest BCUT2D eigenvalue weighted by atomic mass is 9.79. The van der Waals surface area contributed by atoms with Crippen molar-refractivity contribution in [3.8, 4) is 0 Å². The molecule has 1 aliphatic rings. The number of halogens is 2. The normalized spacial score (nSPS) is 22.7. The summed E-state index contributed by atoms with van der Waals surface area (Å²) >= 11 is 9.55. The molecule has 0 aromatic heterocycles. The molecule has 1 saturated carbocycles. The zero-order valence-electron chi connectivity index (χ0n) is 11.2. The number of carboxylic acid groups (broad SMARTS) is 1. The lowest BCUT2D eigenvalue weighted by Gasteiger charge is -2.28. The molecule has 0 aliphatic heterocycles. The van der Waals surface area contributed by atoms with Crippen LogP contribution in [-0.4, -0.2) is 17.6 Å². The van der Waals surface area contributed by atoms with E-state index in [1.54, 1.807) is 0 Å². The van der Waals surface area contributed by atoms with Crippen LogP contribution >= 0.6 is 27.5 Å². The summed E-state index contributed by atoms with van der Waals surface area (Å²) < 4.78 is 0.962. The molecule has 0 bridgehead atoms. The van der Waals surface area contributed by atoms with Crippen molar-refractivity contribution in [2.24, 2.45) is 11.8 Å². The third kappa shape index (κ3) is 4.21. The lowest BCUT2D eigenvalue weighted by Crippen LogP contribution is -2.34. The number of carboxylic acids is 1. The standard InChI is InChI=1S/C15H19BrClNO2/c16-12-6-5-11(14(17)7-12)9-18-8-10-3-1-2-4-13(10)15(19)20/h5-7,10,13,18H,1-4,8-9H2,(H,19,20). The van der Waals surface area contributed by atoms with Crippen molar-refractivity contribution in [1.29, 1.82) is 0 Å². The number of carbonyl (C=O) groups is 1.